The quantitative estimate of drug-likeness (QED) is 0.731. The van der Waals surface area contributed by atoms with Gasteiger partial charge in [0.2, 0.25) is 15.9 Å². The van der Waals surface area contributed by atoms with Crippen LogP contribution in [0.15, 0.2) is 16.7 Å². The van der Waals surface area contributed by atoms with E-state index < -0.39 is 10.0 Å². The number of nitrogens with one attached hydrogen (secondary N) is 2. The summed E-state index contributed by atoms with van der Waals surface area (Å²) in [5, 5.41) is 2.59. The number of piperidine rings is 1. The SMILES string of the molecule is CCCS(=O)(=O)NC1CCN(C(=O)CNC(=O)c2ccoc2C)CC1. The lowest BCUT2D eigenvalue weighted by molar-refractivity contribution is -0.131. The molecule has 0 unspecified atom stereocenters. The Labute approximate surface area is 148 Å². The van der Waals surface area contributed by atoms with Crippen molar-refractivity contribution in [2.75, 3.05) is 25.4 Å². The van der Waals surface area contributed by atoms with Crippen molar-refractivity contribution in [3.63, 3.8) is 0 Å². The molecule has 1 aliphatic heterocycles. The van der Waals surface area contributed by atoms with Gasteiger partial charge < -0.3 is 14.6 Å². The van der Waals surface area contributed by atoms with Crippen LogP contribution in [0.3, 0.4) is 0 Å². The van der Waals surface area contributed by atoms with Crippen LogP contribution < -0.4 is 10.0 Å². The third-order valence-corrected chi connectivity index (χ3v) is 5.81. The zero-order chi connectivity index (χ0) is 18.4. The molecule has 140 valence electrons. The van der Waals surface area contributed by atoms with Gasteiger partial charge in [0.1, 0.15) is 5.76 Å². The summed E-state index contributed by atoms with van der Waals surface area (Å²) in [6.07, 6.45) is 3.14. The van der Waals surface area contributed by atoms with Crippen LogP contribution in [0.1, 0.15) is 42.3 Å². The Kier molecular flexibility index (Phi) is 6.60. The highest BCUT2D eigenvalue weighted by atomic mass is 32.2. The van der Waals surface area contributed by atoms with Gasteiger partial charge in [-0.1, -0.05) is 6.92 Å². The first kappa shape index (κ1) is 19.5. The molecule has 1 fully saturated rings. The van der Waals surface area contributed by atoms with Crippen molar-refractivity contribution in [1.82, 2.24) is 14.9 Å². The Morgan fingerprint density at radius 2 is 2.00 bits per heavy atom. The van der Waals surface area contributed by atoms with E-state index in [0.717, 1.165) is 0 Å². The third kappa shape index (κ3) is 5.57. The highest BCUT2D eigenvalue weighted by molar-refractivity contribution is 7.89. The van der Waals surface area contributed by atoms with E-state index in [1.54, 1.807) is 17.9 Å². The second-order valence-corrected chi connectivity index (χ2v) is 8.04. The maximum atomic E-state index is 12.2. The fourth-order valence-corrected chi connectivity index (χ4v) is 4.21. The van der Waals surface area contributed by atoms with Gasteiger partial charge in [0.15, 0.2) is 0 Å². The Hall–Kier alpha value is -1.87. The summed E-state index contributed by atoms with van der Waals surface area (Å²) < 4.78 is 31.3. The number of aryl methyl sites for hydroxylation is 1. The molecule has 0 atom stereocenters. The number of sulfonamides is 1. The van der Waals surface area contributed by atoms with E-state index in [1.165, 1.54) is 6.26 Å². The van der Waals surface area contributed by atoms with Crippen LogP contribution >= 0.6 is 0 Å². The fourth-order valence-electron chi connectivity index (χ4n) is 2.81. The zero-order valence-electron chi connectivity index (χ0n) is 14.6. The number of hydrogen-bond donors (Lipinski definition) is 2. The first-order valence-electron chi connectivity index (χ1n) is 8.42. The standard InChI is InChI=1S/C16H25N3O5S/c1-3-10-25(22,23)18-13-4-7-19(8-5-13)15(20)11-17-16(21)14-6-9-24-12(14)2/h6,9,13,18H,3-5,7-8,10-11H2,1-2H3,(H,17,21). The summed E-state index contributed by atoms with van der Waals surface area (Å²) in [5.74, 6) is 0.0994. The molecule has 1 aromatic heterocycles. The molecule has 0 spiro atoms. The number of nitrogens with zero attached hydrogens (tertiary/aromatic N) is 1. The summed E-state index contributed by atoms with van der Waals surface area (Å²) in [6.45, 7) is 4.36. The minimum atomic E-state index is -3.24. The number of carbonyl (C=O) groups is 2. The minimum absolute atomic E-state index is 0.0876. The van der Waals surface area contributed by atoms with Crippen LogP contribution in [0.2, 0.25) is 0 Å². The van der Waals surface area contributed by atoms with Crippen LogP contribution in [0, 0.1) is 6.92 Å². The van der Waals surface area contributed by atoms with E-state index in [-0.39, 0.29) is 30.2 Å². The maximum absolute atomic E-state index is 12.2. The number of furan rings is 1. The molecular formula is C16H25N3O5S. The molecule has 2 rings (SSSR count). The molecule has 1 aliphatic rings. The van der Waals surface area contributed by atoms with Gasteiger partial charge in [-0.15, -0.1) is 0 Å². The molecule has 2 amide bonds. The van der Waals surface area contributed by atoms with E-state index in [2.05, 4.69) is 10.0 Å². The second-order valence-electron chi connectivity index (χ2n) is 6.16. The predicted octanol–water partition coefficient (Wildman–Crippen LogP) is 0.638. The van der Waals surface area contributed by atoms with Gasteiger partial charge in [0.05, 0.1) is 24.1 Å². The van der Waals surface area contributed by atoms with Crippen molar-refractivity contribution in [1.29, 1.82) is 0 Å². The highest BCUT2D eigenvalue weighted by Gasteiger charge is 2.25. The van der Waals surface area contributed by atoms with Crippen molar-refractivity contribution < 1.29 is 22.4 Å². The molecule has 2 N–H and O–H groups in total. The average Bonchev–Trinajstić information content (AvgIpc) is 2.98. The topological polar surface area (TPSA) is 109 Å². The number of rotatable bonds is 7. The van der Waals surface area contributed by atoms with Crippen molar-refractivity contribution in [2.24, 2.45) is 0 Å². The molecule has 0 aliphatic carbocycles. The Morgan fingerprint density at radius 1 is 1.32 bits per heavy atom. The van der Waals surface area contributed by atoms with Crippen LogP contribution in [0.25, 0.3) is 0 Å². The number of likely N-dealkylation sites (tertiary alicyclic amines) is 1. The van der Waals surface area contributed by atoms with Crippen LogP contribution in [0.5, 0.6) is 0 Å². The van der Waals surface area contributed by atoms with E-state index in [9.17, 15) is 18.0 Å². The molecule has 0 bridgehead atoms. The predicted molar refractivity (Wildman–Crippen MR) is 92.6 cm³/mol. The van der Waals surface area contributed by atoms with Gasteiger partial charge in [-0.2, -0.15) is 0 Å². The van der Waals surface area contributed by atoms with Gasteiger partial charge in [-0.05, 0) is 32.3 Å². The van der Waals surface area contributed by atoms with E-state index in [1.807, 2.05) is 6.92 Å². The summed E-state index contributed by atoms with van der Waals surface area (Å²) in [4.78, 5) is 25.8. The van der Waals surface area contributed by atoms with Crippen LogP contribution in [0.4, 0.5) is 0 Å². The lowest BCUT2D eigenvalue weighted by atomic mass is 10.1. The number of amides is 2. The highest BCUT2D eigenvalue weighted by Crippen LogP contribution is 2.12. The molecule has 0 saturated carbocycles. The van der Waals surface area contributed by atoms with Gasteiger partial charge >= 0.3 is 0 Å². The first-order valence-corrected chi connectivity index (χ1v) is 10.1. The average molecular weight is 371 g/mol. The number of hydrogen-bond acceptors (Lipinski definition) is 5. The van der Waals surface area contributed by atoms with Gasteiger partial charge in [-0.3, -0.25) is 9.59 Å². The van der Waals surface area contributed by atoms with E-state index >= 15 is 0 Å². The maximum Gasteiger partial charge on any atom is 0.255 e. The molecular weight excluding hydrogens is 346 g/mol. The lowest BCUT2D eigenvalue weighted by Gasteiger charge is -2.32. The van der Waals surface area contributed by atoms with Crippen molar-refractivity contribution in [2.45, 2.75) is 39.2 Å². The smallest absolute Gasteiger partial charge is 0.255 e. The lowest BCUT2D eigenvalue weighted by Crippen LogP contribution is -2.49. The van der Waals surface area contributed by atoms with Crippen molar-refractivity contribution in [3.8, 4) is 0 Å². The molecule has 9 heteroatoms. The largest absolute Gasteiger partial charge is 0.469 e. The summed E-state index contributed by atoms with van der Waals surface area (Å²) in [5.41, 5.74) is 0.414. The number of carbonyl (C=O) groups excluding carboxylic acids is 2. The molecule has 2 heterocycles. The van der Waals surface area contributed by atoms with Gasteiger partial charge in [0.25, 0.3) is 5.91 Å². The molecule has 1 aromatic rings. The minimum Gasteiger partial charge on any atom is -0.469 e. The fraction of sp³-hybridized carbons (Fsp3) is 0.625. The second kappa shape index (κ2) is 8.48. The Balaban J connectivity index is 1.76. The third-order valence-electron chi connectivity index (χ3n) is 4.17. The van der Waals surface area contributed by atoms with Crippen LogP contribution in [-0.2, 0) is 14.8 Å². The normalized spacial score (nSPS) is 16.0. The molecule has 0 radical (unpaired) electrons. The molecule has 25 heavy (non-hydrogen) atoms. The summed E-state index contributed by atoms with van der Waals surface area (Å²) in [7, 11) is -3.24. The van der Waals surface area contributed by atoms with Crippen molar-refractivity contribution >= 4 is 21.8 Å². The van der Waals surface area contributed by atoms with Crippen LogP contribution in [-0.4, -0.2) is 56.6 Å². The van der Waals surface area contributed by atoms with Crippen molar-refractivity contribution in [3.05, 3.63) is 23.7 Å². The molecule has 8 nitrogen and oxygen atoms in total. The Bertz CT molecular complexity index is 705. The molecule has 1 saturated heterocycles. The zero-order valence-corrected chi connectivity index (χ0v) is 15.4. The summed E-state index contributed by atoms with van der Waals surface area (Å²) >= 11 is 0. The van der Waals surface area contributed by atoms with Gasteiger partial charge in [-0.25, -0.2) is 13.1 Å². The Morgan fingerprint density at radius 3 is 2.56 bits per heavy atom. The van der Waals surface area contributed by atoms with E-state index in [0.29, 0.717) is 43.7 Å². The first-order chi connectivity index (χ1) is 11.8. The van der Waals surface area contributed by atoms with E-state index in [4.69, 9.17) is 4.42 Å². The summed E-state index contributed by atoms with van der Waals surface area (Å²) in [6, 6.07) is 1.42. The molecule has 0 aromatic carbocycles. The van der Waals surface area contributed by atoms with Gasteiger partial charge in [0, 0.05) is 19.1 Å². The monoisotopic (exact) mass is 371 g/mol.